The van der Waals surface area contributed by atoms with Crippen molar-refractivity contribution >= 4 is 0 Å². The van der Waals surface area contributed by atoms with Crippen LogP contribution in [0.3, 0.4) is 0 Å². The summed E-state index contributed by atoms with van der Waals surface area (Å²) >= 11 is 0. The van der Waals surface area contributed by atoms with Gasteiger partial charge in [0.1, 0.15) is 11.4 Å². The predicted octanol–water partition coefficient (Wildman–Crippen LogP) is 0.165. The minimum absolute atomic E-state index is 0.368. The van der Waals surface area contributed by atoms with Crippen molar-refractivity contribution < 1.29 is 4.42 Å². The number of furan rings is 1. The topological polar surface area (TPSA) is 76.7 Å². The number of aromatic amines is 1. The Kier molecular flexibility index (Phi) is 1.54. The third kappa shape index (κ3) is 1.07. The van der Waals surface area contributed by atoms with Gasteiger partial charge in [-0.25, -0.2) is 9.89 Å². The molecule has 2 rings (SSSR count). The Morgan fingerprint density at radius 2 is 2.31 bits per heavy atom. The molecule has 0 aliphatic heterocycles. The third-order valence-corrected chi connectivity index (χ3v) is 1.80. The number of aromatic nitrogens is 4. The summed E-state index contributed by atoms with van der Waals surface area (Å²) in [6.07, 6.45) is 1.58. The Hall–Kier alpha value is -1.85. The molecule has 0 unspecified atom stereocenters. The molecule has 6 heteroatoms. The molecule has 0 radical (unpaired) electrons. The van der Waals surface area contributed by atoms with Gasteiger partial charge in [0.05, 0.1) is 6.26 Å². The quantitative estimate of drug-likeness (QED) is 0.678. The average molecular weight is 180 g/mol. The van der Waals surface area contributed by atoms with Crippen LogP contribution in [-0.4, -0.2) is 20.2 Å². The summed E-state index contributed by atoms with van der Waals surface area (Å²) in [6, 6.07) is 0. The molecular formula is C7H8N4O2. The summed E-state index contributed by atoms with van der Waals surface area (Å²) in [5, 5.41) is 9.23. The molecular weight excluding hydrogens is 172 g/mol. The molecule has 0 saturated carbocycles. The van der Waals surface area contributed by atoms with Crippen LogP contribution >= 0.6 is 0 Å². The minimum Gasteiger partial charge on any atom is -0.467 e. The first-order valence-electron chi connectivity index (χ1n) is 3.75. The molecule has 0 amide bonds. The van der Waals surface area contributed by atoms with Crippen LogP contribution in [0.4, 0.5) is 0 Å². The van der Waals surface area contributed by atoms with Crippen LogP contribution in [0.2, 0.25) is 0 Å². The molecule has 0 aliphatic rings. The fraction of sp³-hybridized carbons (Fsp3) is 0.286. The Morgan fingerprint density at radius 3 is 2.77 bits per heavy atom. The maximum Gasteiger partial charge on any atom is 0.365 e. The van der Waals surface area contributed by atoms with E-state index in [2.05, 4.69) is 15.5 Å². The van der Waals surface area contributed by atoms with Crippen molar-refractivity contribution in [2.45, 2.75) is 13.8 Å². The van der Waals surface area contributed by atoms with Gasteiger partial charge in [-0.05, 0) is 24.3 Å². The van der Waals surface area contributed by atoms with Crippen molar-refractivity contribution in [2.24, 2.45) is 0 Å². The minimum atomic E-state index is -0.368. The normalized spacial score (nSPS) is 10.6. The summed E-state index contributed by atoms with van der Waals surface area (Å²) < 4.78 is 6.31. The maximum absolute atomic E-state index is 11.2. The van der Waals surface area contributed by atoms with E-state index in [4.69, 9.17) is 4.42 Å². The first kappa shape index (κ1) is 7.78. The van der Waals surface area contributed by atoms with E-state index in [9.17, 15) is 4.79 Å². The van der Waals surface area contributed by atoms with Crippen molar-refractivity contribution in [3.63, 3.8) is 0 Å². The van der Waals surface area contributed by atoms with Gasteiger partial charge >= 0.3 is 5.69 Å². The molecule has 0 bridgehead atoms. The van der Waals surface area contributed by atoms with E-state index in [1.807, 2.05) is 6.92 Å². The number of tetrazole rings is 1. The number of nitrogens with one attached hydrogen (secondary N) is 1. The van der Waals surface area contributed by atoms with Gasteiger partial charge in [-0.1, -0.05) is 0 Å². The van der Waals surface area contributed by atoms with Crippen LogP contribution in [0.1, 0.15) is 11.3 Å². The second-order valence-corrected chi connectivity index (χ2v) is 2.74. The number of H-pyrrole nitrogens is 1. The molecule has 0 saturated heterocycles. The highest BCUT2D eigenvalue weighted by Gasteiger charge is 2.12. The fourth-order valence-electron chi connectivity index (χ4n) is 1.23. The van der Waals surface area contributed by atoms with Crippen LogP contribution in [-0.2, 0) is 0 Å². The Balaban J connectivity index is 2.71. The third-order valence-electron chi connectivity index (χ3n) is 1.80. The SMILES string of the molecule is Cc1coc(C)c1-n1nn[nH]c1=O. The standard InChI is InChI=1S/C7H8N4O2/c1-4-3-13-5(2)6(4)11-7(12)8-9-10-11/h3H,1-2H3,(H,8,10,12). The summed E-state index contributed by atoms with van der Waals surface area (Å²) in [6.45, 7) is 3.61. The van der Waals surface area contributed by atoms with E-state index in [-0.39, 0.29) is 5.69 Å². The molecule has 1 N–H and O–H groups in total. The summed E-state index contributed by atoms with van der Waals surface area (Å²) in [5.41, 5.74) is 1.14. The first-order valence-corrected chi connectivity index (χ1v) is 3.75. The predicted molar refractivity (Wildman–Crippen MR) is 43.7 cm³/mol. The molecule has 0 aromatic carbocycles. The maximum atomic E-state index is 11.2. The molecule has 2 heterocycles. The summed E-state index contributed by atoms with van der Waals surface area (Å²) in [5.74, 6) is 0.647. The molecule has 6 nitrogen and oxygen atoms in total. The number of aryl methyl sites for hydroxylation is 2. The molecule has 0 spiro atoms. The van der Waals surface area contributed by atoms with Crippen LogP contribution in [0.5, 0.6) is 0 Å². The zero-order valence-corrected chi connectivity index (χ0v) is 7.24. The van der Waals surface area contributed by atoms with Crippen molar-refractivity contribution in [3.8, 4) is 5.69 Å². The zero-order chi connectivity index (χ0) is 9.42. The summed E-state index contributed by atoms with van der Waals surface area (Å²) in [4.78, 5) is 11.2. The van der Waals surface area contributed by atoms with E-state index in [1.54, 1.807) is 13.2 Å². The fourth-order valence-corrected chi connectivity index (χ4v) is 1.23. The lowest BCUT2D eigenvalue weighted by Crippen LogP contribution is -2.16. The van der Waals surface area contributed by atoms with Gasteiger partial charge < -0.3 is 4.42 Å². The van der Waals surface area contributed by atoms with Crippen molar-refractivity contribution in [1.82, 2.24) is 20.2 Å². The van der Waals surface area contributed by atoms with E-state index in [0.717, 1.165) is 5.56 Å². The highest BCUT2D eigenvalue weighted by molar-refractivity contribution is 5.40. The van der Waals surface area contributed by atoms with Gasteiger partial charge in [0.25, 0.3) is 0 Å². The Labute approximate surface area is 73.2 Å². The van der Waals surface area contributed by atoms with Gasteiger partial charge in [-0.15, -0.1) is 0 Å². The number of nitrogens with zero attached hydrogens (tertiary/aromatic N) is 3. The average Bonchev–Trinajstić information content (AvgIpc) is 2.60. The smallest absolute Gasteiger partial charge is 0.365 e. The molecule has 0 atom stereocenters. The molecule has 68 valence electrons. The lowest BCUT2D eigenvalue weighted by molar-refractivity contribution is 0.528. The lowest BCUT2D eigenvalue weighted by Gasteiger charge is -1.95. The largest absolute Gasteiger partial charge is 0.467 e. The second kappa shape index (κ2) is 2.58. The second-order valence-electron chi connectivity index (χ2n) is 2.74. The van der Waals surface area contributed by atoms with Crippen molar-refractivity contribution in [3.05, 3.63) is 28.1 Å². The van der Waals surface area contributed by atoms with Gasteiger partial charge in [-0.2, -0.15) is 4.68 Å². The van der Waals surface area contributed by atoms with E-state index >= 15 is 0 Å². The summed E-state index contributed by atoms with van der Waals surface area (Å²) in [7, 11) is 0. The molecule has 2 aromatic rings. The number of rotatable bonds is 1. The number of hydrogen-bond donors (Lipinski definition) is 1. The van der Waals surface area contributed by atoms with Crippen LogP contribution in [0.15, 0.2) is 15.5 Å². The van der Waals surface area contributed by atoms with Crippen molar-refractivity contribution in [1.29, 1.82) is 0 Å². The number of hydrogen-bond acceptors (Lipinski definition) is 4. The molecule has 13 heavy (non-hydrogen) atoms. The monoisotopic (exact) mass is 180 g/mol. The van der Waals surface area contributed by atoms with Crippen LogP contribution < -0.4 is 5.69 Å². The van der Waals surface area contributed by atoms with E-state index in [1.165, 1.54) is 4.68 Å². The van der Waals surface area contributed by atoms with Gasteiger partial charge in [-0.3, -0.25) is 0 Å². The van der Waals surface area contributed by atoms with Gasteiger partial charge in [0.2, 0.25) is 0 Å². The van der Waals surface area contributed by atoms with Crippen LogP contribution in [0.25, 0.3) is 5.69 Å². The Bertz CT molecular complexity index is 459. The highest BCUT2D eigenvalue weighted by atomic mass is 16.3. The Morgan fingerprint density at radius 1 is 1.54 bits per heavy atom. The van der Waals surface area contributed by atoms with E-state index < -0.39 is 0 Å². The highest BCUT2D eigenvalue weighted by Crippen LogP contribution is 2.17. The van der Waals surface area contributed by atoms with Crippen LogP contribution in [0, 0.1) is 13.8 Å². The zero-order valence-electron chi connectivity index (χ0n) is 7.24. The molecule has 0 fully saturated rings. The molecule has 2 aromatic heterocycles. The molecule has 0 aliphatic carbocycles. The van der Waals surface area contributed by atoms with Gasteiger partial charge in [0.15, 0.2) is 0 Å². The lowest BCUT2D eigenvalue weighted by atomic mass is 10.3. The first-order chi connectivity index (χ1) is 6.20. The van der Waals surface area contributed by atoms with Gasteiger partial charge in [0, 0.05) is 5.56 Å². The van der Waals surface area contributed by atoms with E-state index in [0.29, 0.717) is 11.4 Å². The van der Waals surface area contributed by atoms with Crippen molar-refractivity contribution in [2.75, 3.05) is 0 Å².